The van der Waals surface area contributed by atoms with Crippen molar-refractivity contribution in [1.82, 2.24) is 20.4 Å². The number of likely N-dealkylation sites (N-methyl/N-ethyl adjacent to an activating group) is 1. The number of nitrogens with one attached hydrogen (secondary N) is 2. The van der Waals surface area contributed by atoms with Gasteiger partial charge in [0.1, 0.15) is 0 Å². The number of rotatable bonds is 11. The van der Waals surface area contributed by atoms with Gasteiger partial charge < -0.3 is 20.3 Å². The summed E-state index contributed by atoms with van der Waals surface area (Å²) in [6.45, 7) is 21.2. The van der Waals surface area contributed by atoms with Gasteiger partial charge in [0.2, 0.25) is 0 Å². The van der Waals surface area contributed by atoms with Crippen LogP contribution >= 0.6 is 24.0 Å². The van der Waals surface area contributed by atoms with E-state index in [0.29, 0.717) is 12.0 Å². The van der Waals surface area contributed by atoms with Crippen molar-refractivity contribution in [1.29, 1.82) is 0 Å². The van der Waals surface area contributed by atoms with E-state index in [0.717, 1.165) is 45.2 Å². The number of nitrogens with zero attached hydrogens (tertiary/aromatic N) is 3. The number of piperazine rings is 1. The molecule has 1 aliphatic rings. The molecule has 0 saturated carbocycles. The predicted molar refractivity (Wildman–Crippen MR) is 123 cm³/mol. The van der Waals surface area contributed by atoms with Crippen molar-refractivity contribution in [3.63, 3.8) is 0 Å². The lowest BCUT2D eigenvalue weighted by Crippen LogP contribution is -2.49. The second-order valence-electron chi connectivity index (χ2n) is 6.99. The summed E-state index contributed by atoms with van der Waals surface area (Å²) < 4.78 is 5.80. The molecule has 1 aliphatic heterocycles. The Labute approximate surface area is 178 Å². The minimum atomic E-state index is 0. The van der Waals surface area contributed by atoms with E-state index in [9.17, 15) is 0 Å². The van der Waals surface area contributed by atoms with Crippen LogP contribution in [0.15, 0.2) is 4.99 Å². The Bertz CT molecular complexity index is 360. The van der Waals surface area contributed by atoms with Crippen LogP contribution in [-0.2, 0) is 4.74 Å². The van der Waals surface area contributed by atoms with E-state index >= 15 is 0 Å². The summed E-state index contributed by atoms with van der Waals surface area (Å²) in [7, 11) is 0. The molecule has 156 valence electrons. The zero-order valence-electron chi connectivity index (χ0n) is 17.6. The number of ether oxygens (including phenoxy) is 1. The van der Waals surface area contributed by atoms with Gasteiger partial charge in [-0.15, -0.1) is 24.0 Å². The number of halogens is 1. The molecule has 6 nitrogen and oxygen atoms in total. The van der Waals surface area contributed by atoms with Crippen LogP contribution in [0.1, 0.15) is 41.0 Å². The Morgan fingerprint density at radius 2 is 1.69 bits per heavy atom. The van der Waals surface area contributed by atoms with Crippen LogP contribution in [0.3, 0.4) is 0 Å². The summed E-state index contributed by atoms with van der Waals surface area (Å²) in [5.74, 6) is 1.46. The molecule has 0 aliphatic carbocycles. The molecule has 26 heavy (non-hydrogen) atoms. The normalized spacial score (nSPS) is 17.8. The van der Waals surface area contributed by atoms with E-state index in [1.54, 1.807) is 0 Å². The molecule has 0 aromatic carbocycles. The number of guanidine groups is 1. The van der Waals surface area contributed by atoms with Crippen molar-refractivity contribution >= 4 is 29.9 Å². The van der Waals surface area contributed by atoms with Crippen molar-refractivity contribution in [3.8, 4) is 0 Å². The van der Waals surface area contributed by atoms with Crippen LogP contribution in [0.5, 0.6) is 0 Å². The Morgan fingerprint density at radius 1 is 1.04 bits per heavy atom. The molecular weight excluding hydrogens is 441 g/mol. The van der Waals surface area contributed by atoms with Gasteiger partial charge in [0.15, 0.2) is 5.96 Å². The third-order valence-corrected chi connectivity index (χ3v) is 4.78. The van der Waals surface area contributed by atoms with Crippen LogP contribution in [0, 0.1) is 5.92 Å². The molecule has 0 spiro atoms. The average Bonchev–Trinajstić information content (AvgIpc) is 2.61. The fourth-order valence-corrected chi connectivity index (χ4v) is 3.13. The van der Waals surface area contributed by atoms with E-state index < -0.39 is 0 Å². The highest BCUT2D eigenvalue weighted by molar-refractivity contribution is 14.0. The molecule has 1 saturated heterocycles. The summed E-state index contributed by atoms with van der Waals surface area (Å²) in [5.41, 5.74) is 0. The molecule has 0 radical (unpaired) electrons. The minimum Gasteiger partial charge on any atom is -0.378 e. The maximum absolute atomic E-state index is 5.80. The third kappa shape index (κ3) is 10.9. The Morgan fingerprint density at radius 3 is 2.23 bits per heavy atom. The molecule has 7 heteroatoms. The van der Waals surface area contributed by atoms with Crippen LogP contribution < -0.4 is 10.6 Å². The van der Waals surface area contributed by atoms with Gasteiger partial charge in [-0.25, -0.2) is 0 Å². The van der Waals surface area contributed by atoms with Crippen molar-refractivity contribution in [2.45, 2.75) is 47.1 Å². The van der Waals surface area contributed by atoms with Crippen molar-refractivity contribution < 1.29 is 4.74 Å². The van der Waals surface area contributed by atoms with E-state index in [1.165, 1.54) is 32.7 Å². The summed E-state index contributed by atoms with van der Waals surface area (Å²) in [4.78, 5) is 9.76. The predicted octanol–water partition coefficient (Wildman–Crippen LogP) is 2.25. The Balaban J connectivity index is 0.00000625. The summed E-state index contributed by atoms with van der Waals surface area (Å²) >= 11 is 0. The summed E-state index contributed by atoms with van der Waals surface area (Å²) in [5, 5.41) is 6.81. The molecular formula is C19H42IN5O. The maximum atomic E-state index is 5.80. The second-order valence-corrected chi connectivity index (χ2v) is 6.99. The van der Waals surface area contributed by atoms with Gasteiger partial charge in [0, 0.05) is 59.0 Å². The molecule has 1 heterocycles. The first-order chi connectivity index (χ1) is 12.1. The standard InChI is InChI=1S/C19H41N5O.HI/c1-6-20-19(21-10-9-18(17(4)5)25-8-3)22-11-12-24-15-13-23(7-2)14-16-24;/h17-18H,6-16H2,1-5H3,(H2,20,21,22);1H. The van der Waals surface area contributed by atoms with Gasteiger partial charge in [-0.1, -0.05) is 20.8 Å². The molecule has 1 rings (SSSR count). The molecule has 1 fully saturated rings. The lowest BCUT2D eigenvalue weighted by molar-refractivity contribution is 0.0266. The monoisotopic (exact) mass is 483 g/mol. The SMILES string of the molecule is CCNC(=NCCC(OCC)C(C)C)NCCN1CCN(CC)CC1.I. The van der Waals surface area contributed by atoms with Crippen molar-refractivity contribution in [2.75, 3.05) is 65.5 Å². The average molecular weight is 483 g/mol. The van der Waals surface area contributed by atoms with Crippen LogP contribution in [0.4, 0.5) is 0 Å². The molecule has 0 bridgehead atoms. The molecule has 0 aromatic rings. The first kappa shape index (κ1) is 25.9. The fourth-order valence-electron chi connectivity index (χ4n) is 3.13. The number of hydrogen-bond acceptors (Lipinski definition) is 4. The van der Waals surface area contributed by atoms with Crippen molar-refractivity contribution in [3.05, 3.63) is 0 Å². The smallest absolute Gasteiger partial charge is 0.191 e. The number of aliphatic imine (C=N–C) groups is 1. The van der Waals surface area contributed by atoms with E-state index in [-0.39, 0.29) is 24.0 Å². The first-order valence-corrected chi connectivity index (χ1v) is 10.2. The first-order valence-electron chi connectivity index (χ1n) is 10.2. The van der Waals surface area contributed by atoms with Crippen LogP contribution in [0.25, 0.3) is 0 Å². The van der Waals surface area contributed by atoms with Crippen LogP contribution in [0.2, 0.25) is 0 Å². The van der Waals surface area contributed by atoms with Gasteiger partial charge in [-0.05, 0) is 32.7 Å². The summed E-state index contributed by atoms with van der Waals surface area (Å²) in [6.07, 6.45) is 1.27. The lowest BCUT2D eigenvalue weighted by Gasteiger charge is -2.34. The Hall–Kier alpha value is -0.120. The highest BCUT2D eigenvalue weighted by atomic mass is 127. The zero-order valence-corrected chi connectivity index (χ0v) is 19.9. The van der Waals surface area contributed by atoms with Gasteiger partial charge in [0.25, 0.3) is 0 Å². The minimum absolute atomic E-state index is 0. The highest BCUT2D eigenvalue weighted by Crippen LogP contribution is 2.10. The van der Waals surface area contributed by atoms with Gasteiger partial charge in [-0.3, -0.25) is 9.89 Å². The quantitative estimate of drug-likeness (QED) is 0.268. The van der Waals surface area contributed by atoms with Gasteiger partial charge in [0.05, 0.1) is 6.10 Å². The number of hydrogen-bond donors (Lipinski definition) is 2. The van der Waals surface area contributed by atoms with E-state index in [2.05, 4.69) is 55.1 Å². The molecule has 0 amide bonds. The fraction of sp³-hybridized carbons (Fsp3) is 0.947. The Kier molecular flexibility index (Phi) is 15.8. The van der Waals surface area contributed by atoms with Crippen molar-refractivity contribution in [2.24, 2.45) is 10.9 Å². The van der Waals surface area contributed by atoms with E-state index in [4.69, 9.17) is 9.73 Å². The van der Waals surface area contributed by atoms with E-state index in [1.807, 2.05) is 0 Å². The molecule has 2 N–H and O–H groups in total. The second kappa shape index (κ2) is 15.9. The largest absolute Gasteiger partial charge is 0.378 e. The maximum Gasteiger partial charge on any atom is 0.191 e. The summed E-state index contributed by atoms with van der Waals surface area (Å²) in [6, 6.07) is 0. The van der Waals surface area contributed by atoms with Crippen LogP contribution in [-0.4, -0.2) is 87.4 Å². The van der Waals surface area contributed by atoms with Gasteiger partial charge in [-0.2, -0.15) is 0 Å². The zero-order chi connectivity index (χ0) is 18.5. The van der Waals surface area contributed by atoms with Gasteiger partial charge >= 0.3 is 0 Å². The third-order valence-electron chi connectivity index (χ3n) is 4.78. The lowest BCUT2D eigenvalue weighted by atomic mass is 10.0. The molecule has 1 atom stereocenters. The highest BCUT2D eigenvalue weighted by Gasteiger charge is 2.15. The molecule has 0 aromatic heterocycles. The molecule has 1 unspecified atom stereocenters. The topological polar surface area (TPSA) is 52.1 Å².